The predicted octanol–water partition coefficient (Wildman–Crippen LogP) is 3.24. The molecule has 4 aliphatic carbocycles. The lowest BCUT2D eigenvalue weighted by atomic mass is 9.46. The molecule has 0 aromatic rings. The Morgan fingerprint density at radius 2 is 2.10 bits per heavy atom. The molecule has 0 aromatic heterocycles. The lowest BCUT2D eigenvalue weighted by Crippen LogP contribution is -2.63. The van der Waals surface area contributed by atoms with Gasteiger partial charge in [-0.15, -0.1) is 0 Å². The van der Waals surface area contributed by atoms with E-state index >= 15 is 0 Å². The molecule has 0 amide bonds. The molecule has 1 aliphatic heterocycles. The van der Waals surface area contributed by atoms with Crippen LogP contribution in [0.2, 0.25) is 0 Å². The van der Waals surface area contributed by atoms with Crippen LogP contribution < -0.4 is 0 Å². The van der Waals surface area contributed by atoms with Gasteiger partial charge in [0, 0.05) is 16.7 Å². The Bertz CT molecular complexity index is 847. The number of hydrogen-bond acceptors (Lipinski definition) is 5. The number of ketones is 1. The standard InChI is InChI=1S/C24H32O6/c1-4-5-19-29-18-11-16-15-7-6-13-10-14(25)8-9-22(13,2)20(15)17(26)12-23(16,3)24(18,30-19)21(27)28/h8-10,15-20,26H,4-7,11-12H2,1-3H3,(H,27,28)/t15-,16+,17-,18+,19+,20-,22-,23+,24-/m0/s1. The maximum absolute atomic E-state index is 12.7. The van der Waals surface area contributed by atoms with Crippen molar-refractivity contribution in [2.45, 2.75) is 83.4 Å². The van der Waals surface area contributed by atoms with Gasteiger partial charge in [-0.05, 0) is 56.1 Å². The number of carboxylic acid groups (broad SMARTS) is 1. The summed E-state index contributed by atoms with van der Waals surface area (Å²) in [6.45, 7) is 6.15. The van der Waals surface area contributed by atoms with E-state index in [2.05, 4.69) is 6.92 Å². The molecule has 30 heavy (non-hydrogen) atoms. The second-order valence-electron chi connectivity index (χ2n) is 10.4. The van der Waals surface area contributed by atoms with Crippen LogP contribution in [0.5, 0.6) is 0 Å². The normalized spacial score (nSPS) is 51.6. The molecule has 0 aromatic carbocycles. The number of rotatable bonds is 3. The first kappa shape index (κ1) is 20.4. The van der Waals surface area contributed by atoms with Crippen molar-refractivity contribution in [3.63, 3.8) is 0 Å². The largest absolute Gasteiger partial charge is 0.479 e. The van der Waals surface area contributed by atoms with Gasteiger partial charge in [-0.25, -0.2) is 4.79 Å². The van der Waals surface area contributed by atoms with Crippen molar-refractivity contribution in [2.24, 2.45) is 28.6 Å². The Morgan fingerprint density at radius 1 is 1.33 bits per heavy atom. The summed E-state index contributed by atoms with van der Waals surface area (Å²) in [5, 5.41) is 21.8. The van der Waals surface area contributed by atoms with Crippen molar-refractivity contribution in [1.82, 2.24) is 0 Å². The highest BCUT2D eigenvalue weighted by Crippen LogP contribution is 2.69. The number of carboxylic acids is 1. The summed E-state index contributed by atoms with van der Waals surface area (Å²) in [4.78, 5) is 24.6. The molecule has 4 fully saturated rings. The van der Waals surface area contributed by atoms with E-state index in [1.807, 2.05) is 19.9 Å². The summed E-state index contributed by atoms with van der Waals surface area (Å²) < 4.78 is 12.4. The van der Waals surface area contributed by atoms with E-state index in [0.29, 0.717) is 19.3 Å². The van der Waals surface area contributed by atoms with Gasteiger partial charge in [-0.1, -0.05) is 38.8 Å². The molecule has 2 N–H and O–H groups in total. The maximum atomic E-state index is 12.7. The van der Waals surface area contributed by atoms with Gasteiger partial charge in [0.05, 0.1) is 6.10 Å². The zero-order valence-corrected chi connectivity index (χ0v) is 18.0. The van der Waals surface area contributed by atoms with E-state index in [0.717, 1.165) is 24.8 Å². The first-order valence-corrected chi connectivity index (χ1v) is 11.4. The first-order valence-electron chi connectivity index (χ1n) is 11.4. The van der Waals surface area contributed by atoms with E-state index in [1.165, 1.54) is 0 Å². The average Bonchev–Trinajstić information content (AvgIpc) is 3.15. The quantitative estimate of drug-likeness (QED) is 0.734. The molecule has 1 heterocycles. The van der Waals surface area contributed by atoms with Gasteiger partial charge in [0.2, 0.25) is 0 Å². The van der Waals surface area contributed by atoms with Crippen LogP contribution in [0.4, 0.5) is 0 Å². The molecule has 0 radical (unpaired) electrons. The molecule has 5 aliphatic rings. The van der Waals surface area contributed by atoms with Gasteiger partial charge in [0.25, 0.3) is 0 Å². The fourth-order valence-electron chi connectivity index (χ4n) is 7.87. The summed E-state index contributed by atoms with van der Waals surface area (Å²) in [6, 6.07) is 0. The van der Waals surface area contributed by atoms with Crippen LogP contribution in [0.1, 0.15) is 59.3 Å². The van der Waals surface area contributed by atoms with Gasteiger partial charge >= 0.3 is 5.97 Å². The Balaban J connectivity index is 1.55. The summed E-state index contributed by atoms with van der Waals surface area (Å²) in [6.07, 6.45) is 7.90. The number of aliphatic carboxylic acids is 1. The van der Waals surface area contributed by atoms with Crippen LogP contribution in [0.15, 0.2) is 23.8 Å². The molecule has 1 saturated heterocycles. The van der Waals surface area contributed by atoms with Crippen molar-refractivity contribution in [2.75, 3.05) is 0 Å². The van der Waals surface area contributed by atoms with E-state index in [9.17, 15) is 19.8 Å². The smallest absolute Gasteiger partial charge is 0.339 e. The number of aliphatic hydroxyl groups is 1. The average molecular weight is 417 g/mol. The van der Waals surface area contributed by atoms with Gasteiger partial charge < -0.3 is 19.7 Å². The maximum Gasteiger partial charge on any atom is 0.339 e. The molecule has 0 bridgehead atoms. The van der Waals surface area contributed by atoms with Crippen molar-refractivity contribution in [3.8, 4) is 0 Å². The molecule has 0 spiro atoms. The van der Waals surface area contributed by atoms with Gasteiger partial charge in [0.15, 0.2) is 17.7 Å². The minimum absolute atomic E-state index is 0.0139. The Kier molecular flexibility index (Phi) is 4.42. The first-order chi connectivity index (χ1) is 14.2. The van der Waals surface area contributed by atoms with Crippen molar-refractivity contribution in [3.05, 3.63) is 23.8 Å². The molecular weight excluding hydrogens is 384 g/mol. The second kappa shape index (κ2) is 6.50. The Morgan fingerprint density at radius 3 is 2.80 bits per heavy atom. The van der Waals surface area contributed by atoms with E-state index in [4.69, 9.17) is 9.47 Å². The van der Waals surface area contributed by atoms with Crippen LogP contribution in [-0.4, -0.2) is 46.1 Å². The zero-order chi connectivity index (χ0) is 21.5. The molecular formula is C24H32O6. The van der Waals surface area contributed by atoms with E-state index < -0.39 is 35.5 Å². The van der Waals surface area contributed by atoms with Crippen LogP contribution in [0, 0.1) is 28.6 Å². The van der Waals surface area contributed by atoms with Crippen LogP contribution in [0.3, 0.4) is 0 Å². The Hall–Kier alpha value is -1.50. The number of hydrogen-bond donors (Lipinski definition) is 2. The third-order valence-electron chi connectivity index (χ3n) is 9.13. The lowest BCUT2D eigenvalue weighted by molar-refractivity contribution is -0.210. The summed E-state index contributed by atoms with van der Waals surface area (Å²) >= 11 is 0. The molecule has 164 valence electrons. The highest BCUT2D eigenvalue weighted by atomic mass is 16.7. The third kappa shape index (κ3) is 2.36. The summed E-state index contributed by atoms with van der Waals surface area (Å²) in [5.74, 6) is -0.722. The minimum atomic E-state index is -1.40. The minimum Gasteiger partial charge on any atom is -0.479 e. The van der Waals surface area contributed by atoms with Gasteiger partial charge in [0.1, 0.15) is 6.10 Å². The zero-order valence-electron chi connectivity index (χ0n) is 18.0. The molecule has 5 rings (SSSR count). The number of aliphatic hydroxyl groups excluding tert-OH is 1. The van der Waals surface area contributed by atoms with Gasteiger partial charge in [-0.2, -0.15) is 0 Å². The molecule has 3 saturated carbocycles. The van der Waals surface area contributed by atoms with Crippen LogP contribution in [0.25, 0.3) is 0 Å². The Labute approximate surface area is 177 Å². The monoisotopic (exact) mass is 416 g/mol. The van der Waals surface area contributed by atoms with Crippen molar-refractivity contribution in [1.29, 1.82) is 0 Å². The van der Waals surface area contributed by atoms with E-state index in [1.54, 1.807) is 12.2 Å². The number of carbonyl (C=O) groups excluding carboxylic acids is 1. The number of ether oxygens (including phenoxy) is 2. The van der Waals surface area contributed by atoms with Crippen molar-refractivity contribution >= 4 is 11.8 Å². The topological polar surface area (TPSA) is 93.1 Å². The number of carbonyl (C=O) groups is 2. The lowest BCUT2D eigenvalue weighted by Gasteiger charge is -2.59. The predicted molar refractivity (Wildman–Crippen MR) is 108 cm³/mol. The molecule has 0 unspecified atom stereocenters. The van der Waals surface area contributed by atoms with Gasteiger partial charge in [-0.3, -0.25) is 4.79 Å². The van der Waals surface area contributed by atoms with Crippen molar-refractivity contribution < 1.29 is 29.3 Å². The summed E-state index contributed by atoms with van der Waals surface area (Å²) in [7, 11) is 0. The third-order valence-corrected chi connectivity index (χ3v) is 9.13. The molecule has 6 nitrogen and oxygen atoms in total. The fourth-order valence-corrected chi connectivity index (χ4v) is 7.87. The SMILES string of the molecule is CCC[C@@H]1O[C@@H]2C[C@@H]3[C@@H]4CCC5=CC(=O)C=C[C@]5(C)[C@@H]4[C@@H](O)C[C@@]3(C)[C@]2(C(=O)O)O1. The van der Waals surface area contributed by atoms with E-state index in [-0.39, 0.29) is 29.0 Å². The fraction of sp³-hybridized carbons (Fsp3) is 0.750. The summed E-state index contributed by atoms with van der Waals surface area (Å²) in [5.41, 5.74) is -1.37. The highest BCUT2D eigenvalue weighted by Gasteiger charge is 2.76. The molecule has 9 atom stereocenters. The highest BCUT2D eigenvalue weighted by molar-refractivity contribution is 6.01. The number of fused-ring (bicyclic) bond motifs is 7. The van der Waals surface area contributed by atoms with Crippen LogP contribution >= 0.6 is 0 Å². The molecule has 6 heteroatoms. The second-order valence-corrected chi connectivity index (χ2v) is 10.4. The number of allylic oxidation sites excluding steroid dienone is 4. The van der Waals surface area contributed by atoms with Crippen LogP contribution in [-0.2, 0) is 19.1 Å².